The minimum Gasteiger partial charge on any atom is -0.463 e. The summed E-state index contributed by atoms with van der Waals surface area (Å²) in [6.45, 7) is 1.76. The van der Waals surface area contributed by atoms with E-state index in [1.54, 1.807) is 6.92 Å². The van der Waals surface area contributed by atoms with Crippen LogP contribution in [0.5, 0.6) is 0 Å². The number of methoxy groups -OCH3 is 1. The molecule has 0 spiro atoms. The minimum atomic E-state index is -0.548. The van der Waals surface area contributed by atoms with Crippen molar-refractivity contribution < 1.29 is 23.7 Å². The van der Waals surface area contributed by atoms with Gasteiger partial charge in [0, 0.05) is 29.7 Å². The monoisotopic (exact) mass is 385 g/mol. The second-order valence-electron chi connectivity index (χ2n) is 6.39. The zero-order valence-electron chi connectivity index (χ0n) is 15.5. The van der Waals surface area contributed by atoms with Gasteiger partial charge < -0.3 is 9.15 Å². The van der Waals surface area contributed by atoms with Crippen LogP contribution in [0, 0.1) is 17.0 Å². The van der Waals surface area contributed by atoms with Gasteiger partial charge in [0.05, 0.1) is 24.2 Å². The number of esters is 1. The highest BCUT2D eigenvalue weighted by Gasteiger charge is 2.28. The molecule has 0 aliphatic heterocycles. The number of benzene rings is 1. The standard InChI is InChI=1S/C19H19N3O6/c1-11-17-14(4-3-5-15(17)28-18(11)19(24)27-2)20-21-16(23)10-12-6-8-13(9-7-12)22(25)26/h6-9H,3-5,10H2,1-2H3,(H,21,23)/b20-14+. The molecule has 1 aromatic carbocycles. The molecule has 9 heteroatoms. The lowest BCUT2D eigenvalue weighted by atomic mass is 9.93. The number of hydrogen-bond donors (Lipinski definition) is 1. The lowest BCUT2D eigenvalue weighted by Crippen LogP contribution is -2.23. The first-order valence-electron chi connectivity index (χ1n) is 8.70. The first-order valence-corrected chi connectivity index (χ1v) is 8.70. The topological polar surface area (TPSA) is 124 Å². The number of nitrogens with zero attached hydrogens (tertiary/aromatic N) is 2. The molecule has 1 N–H and O–H groups in total. The van der Waals surface area contributed by atoms with E-state index in [-0.39, 0.29) is 23.8 Å². The maximum atomic E-state index is 12.2. The number of amides is 1. The van der Waals surface area contributed by atoms with Crippen molar-refractivity contribution in [1.82, 2.24) is 5.43 Å². The Morgan fingerprint density at radius 2 is 2.00 bits per heavy atom. The molecule has 3 rings (SSSR count). The smallest absolute Gasteiger partial charge is 0.374 e. The van der Waals surface area contributed by atoms with E-state index in [2.05, 4.69) is 10.5 Å². The summed E-state index contributed by atoms with van der Waals surface area (Å²) in [7, 11) is 1.29. The number of aryl methyl sites for hydroxylation is 1. The summed E-state index contributed by atoms with van der Waals surface area (Å²) in [6.07, 6.45) is 2.16. The molecule has 0 unspecified atom stereocenters. The maximum absolute atomic E-state index is 12.2. The Balaban J connectivity index is 1.73. The average molecular weight is 385 g/mol. The third-order valence-corrected chi connectivity index (χ3v) is 4.52. The Hall–Kier alpha value is -3.49. The van der Waals surface area contributed by atoms with E-state index in [1.807, 2.05) is 0 Å². The highest BCUT2D eigenvalue weighted by Crippen LogP contribution is 2.30. The predicted molar refractivity (Wildman–Crippen MR) is 99.2 cm³/mol. The largest absolute Gasteiger partial charge is 0.463 e. The van der Waals surface area contributed by atoms with Crippen LogP contribution in [0.15, 0.2) is 33.8 Å². The van der Waals surface area contributed by atoms with E-state index in [0.717, 1.165) is 12.0 Å². The molecule has 0 bridgehead atoms. The fourth-order valence-electron chi connectivity index (χ4n) is 3.16. The van der Waals surface area contributed by atoms with Gasteiger partial charge >= 0.3 is 5.97 Å². The zero-order valence-corrected chi connectivity index (χ0v) is 15.5. The number of nitro groups is 1. The van der Waals surface area contributed by atoms with E-state index >= 15 is 0 Å². The average Bonchev–Trinajstić information content (AvgIpc) is 3.03. The number of carbonyl (C=O) groups is 2. The Morgan fingerprint density at radius 3 is 2.64 bits per heavy atom. The molecule has 1 aromatic heterocycles. The van der Waals surface area contributed by atoms with Crippen LogP contribution in [0.4, 0.5) is 5.69 Å². The number of hydrogen-bond acceptors (Lipinski definition) is 7. The van der Waals surface area contributed by atoms with Crippen LogP contribution in [0.1, 0.15) is 45.8 Å². The Bertz CT molecular complexity index is 959. The third kappa shape index (κ3) is 3.93. The van der Waals surface area contributed by atoms with Crippen LogP contribution in [0.3, 0.4) is 0 Å². The first-order chi connectivity index (χ1) is 13.4. The quantitative estimate of drug-likeness (QED) is 0.479. The Morgan fingerprint density at radius 1 is 1.29 bits per heavy atom. The highest BCUT2D eigenvalue weighted by molar-refractivity contribution is 6.06. The van der Waals surface area contributed by atoms with Crippen LogP contribution < -0.4 is 5.43 Å². The predicted octanol–water partition coefficient (Wildman–Crippen LogP) is 2.68. The SMILES string of the molecule is COC(=O)c1oc2c(c1C)/C(=N/NC(=O)Cc1ccc([N+](=O)[O-])cc1)CCC2. The normalized spacial score (nSPS) is 14.4. The lowest BCUT2D eigenvalue weighted by molar-refractivity contribution is -0.384. The fraction of sp³-hybridized carbons (Fsp3) is 0.316. The van der Waals surface area contributed by atoms with E-state index in [4.69, 9.17) is 9.15 Å². The molecule has 0 saturated carbocycles. The zero-order chi connectivity index (χ0) is 20.3. The molecule has 1 aliphatic carbocycles. The van der Waals surface area contributed by atoms with Crippen LogP contribution in [-0.2, 0) is 22.4 Å². The molecule has 2 aromatic rings. The number of nitrogens with one attached hydrogen (secondary N) is 1. The number of fused-ring (bicyclic) bond motifs is 1. The number of ether oxygens (including phenoxy) is 1. The van der Waals surface area contributed by atoms with Crippen molar-refractivity contribution in [1.29, 1.82) is 0 Å². The summed E-state index contributed by atoms with van der Waals surface area (Å²) in [4.78, 5) is 34.2. The number of furan rings is 1. The van der Waals surface area contributed by atoms with E-state index in [0.29, 0.717) is 35.4 Å². The fourth-order valence-corrected chi connectivity index (χ4v) is 3.16. The summed E-state index contributed by atoms with van der Waals surface area (Å²) in [5.41, 5.74) is 5.15. The highest BCUT2D eigenvalue weighted by atomic mass is 16.6. The lowest BCUT2D eigenvalue weighted by Gasteiger charge is -2.13. The summed E-state index contributed by atoms with van der Waals surface area (Å²) >= 11 is 0. The van der Waals surface area contributed by atoms with Crippen LogP contribution >= 0.6 is 0 Å². The number of carbonyl (C=O) groups excluding carboxylic acids is 2. The van der Waals surface area contributed by atoms with Crippen molar-refractivity contribution in [2.24, 2.45) is 5.10 Å². The van der Waals surface area contributed by atoms with Crippen molar-refractivity contribution in [3.63, 3.8) is 0 Å². The summed E-state index contributed by atoms with van der Waals surface area (Å²) in [5, 5.41) is 14.9. The molecular weight excluding hydrogens is 366 g/mol. The maximum Gasteiger partial charge on any atom is 0.374 e. The van der Waals surface area contributed by atoms with Gasteiger partial charge in [0.25, 0.3) is 5.69 Å². The summed E-state index contributed by atoms with van der Waals surface area (Å²) in [5.74, 6) is -0.0805. The van der Waals surface area contributed by atoms with Gasteiger partial charge in [-0.1, -0.05) is 12.1 Å². The van der Waals surface area contributed by atoms with Crippen molar-refractivity contribution >= 4 is 23.3 Å². The van der Waals surface area contributed by atoms with Gasteiger partial charge in [-0.25, -0.2) is 10.2 Å². The number of non-ortho nitro benzene ring substituents is 1. The van der Waals surface area contributed by atoms with Crippen molar-refractivity contribution in [3.05, 3.63) is 62.6 Å². The minimum absolute atomic E-state index is 0.0315. The Kier molecular flexibility index (Phi) is 5.53. The van der Waals surface area contributed by atoms with Crippen molar-refractivity contribution in [2.45, 2.75) is 32.6 Å². The summed E-state index contributed by atoms with van der Waals surface area (Å²) < 4.78 is 10.4. The van der Waals surface area contributed by atoms with Gasteiger partial charge in [0.15, 0.2) is 0 Å². The number of hydrazone groups is 1. The Labute approximate surface area is 160 Å². The first kappa shape index (κ1) is 19.3. The van der Waals surface area contributed by atoms with Crippen LogP contribution in [0.25, 0.3) is 0 Å². The molecule has 1 amide bonds. The van der Waals surface area contributed by atoms with E-state index in [9.17, 15) is 19.7 Å². The van der Waals surface area contributed by atoms with E-state index in [1.165, 1.54) is 31.4 Å². The molecule has 0 radical (unpaired) electrons. The summed E-state index contributed by atoms with van der Waals surface area (Å²) in [6, 6.07) is 5.77. The molecule has 146 valence electrons. The van der Waals surface area contributed by atoms with E-state index < -0.39 is 10.9 Å². The molecule has 28 heavy (non-hydrogen) atoms. The van der Waals surface area contributed by atoms with Gasteiger partial charge in [-0.2, -0.15) is 5.10 Å². The van der Waals surface area contributed by atoms with Gasteiger partial charge in [-0.05, 0) is 25.3 Å². The van der Waals surface area contributed by atoms with Crippen molar-refractivity contribution in [2.75, 3.05) is 7.11 Å². The second-order valence-corrected chi connectivity index (χ2v) is 6.39. The van der Waals surface area contributed by atoms with Crippen LogP contribution in [-0.4, -0.2) is 29.6 Å². The molecule has 0 fully saturated rings. The molecule has 0 saturated heterocycles. The number of rotatable bonds is 5. The van der Waals surface area contributed by atoms with Gasteiger partial charge in [-0.15, -0.1) is 0 Å². The third-order valence-electron chi connectivity index (χ3n) is 4.52. The molecule has 1 heterocycles. The molecular formula is C19H19N3O6. The van der Waals surface area contributed by atoms with Crippen LogP contribution in [0.2, 0.25) is 0 Å². The van der Waals surface area contributed by atoms with Crippen molar-refractivity contribution in [3.8, 4) is 0 Å². The second kappa shape index (κ2) is 8.03. The van der Waals surface area contributed by atoms with Gasteiger partial charge in [0.2, 0.25) is 11.7 Å². The van der Waals surface area contributed by atoms with Gasteiger partial charge in [-0.3, -0.25) is 14.9 Å². The molecule has 0 atom stereocenters. The molecule has 9 nitrogen and oxygen atoms in total. The number of nitro benzene ring substituents is 1. The molecule has 1 aliphatic rings. The van der Waals surface area contributed by atoms with Gasteiger partial charge in [0.1, 0.15) is 5.76 Å².